The number of fused-ring (bicyclic) bond motifs is 1. The van der Waals surface area contributed by atoms with Crippen LogP contribution in [0.3, 0.4) is 0 Å². The molecular formula is C20H22N4O2. The van der Waals surface area contributed by atoms with Crippen molar-refractivity contribution in [2.45, 2.75) is 6.42 Å². The molecule has 1 fully saturated rings. The molecule has 0 saturated carbocycles. The van der Waals surface area contributed by atoms with E-state index in [1.807, 2.05) is 53.4 Å². The van der Waals surface area contributed by atoms with E-state index in [-0.39, 0.29) is 5.91 Å². The highest BCUT2D eigenvalue weighted by molar-refractivity contribution is 5.94. The molecule has 134 valence electrons. The molecule has 26 heavy (non-hydrogen) atoms. The summed E-state index contributed by atoms with van der Waals surface area (Å²) in [6.45, 7) is 3.08. The molecule has 0 atom stereocenters. The molecule has 2 aromatic carbocycles. The van der Waals surface area contributed by atoms with Crippen molar-refractivity contribution in [2.75, 3.05) is 38.2 Å². The Kier molecular flexibility index (Phi) is 4.48. The van der Waals surface area contributed by atoms with Crippen LogP contribution in [0.25, 0.3) is 11.0 Å². The molecule has 0 aliphatic carbocycles. The van der Waals surface area contributed by atoms with Gasteiger partial charge in [0.25, 0.3) is 5.91 Å². The van der Waals surface area contributed by atoms with Gasteiger partial charge < -0.3 is 19.5 Å². The summed E-state index contributed by atoms with van der Waals surface area (Å²) in [4.78, 5) is 25.0. The molecule has 1 aromatic heterocycles. The highest BCUT2D eigenvalue weighted by Crippen LogP contribution is 2.19. The number of hydrogen-bond acceptors (Lipinski definition) is 4. The Bertz CT molecular complexity index is 871. The monoisotopic (exact) mass is 350 g/mol. The summed E-state index contributed by atoms with van der Waals surface area (Å²) in [7, 11) is 1.62. The lowest BCUT2D eigenvalue weighted by Gasteiger charge is -2.22. The van der Waals surface area contributed by atoms with E-state index in [2.05, 4.69) is 14.9 Å². The number of aromatic amines is 1. The van der Waals surface area contributed by atoms with E-state index in [0.717, 1.165) is 48.8 Å². The number of amides is 1. The Hall–Kier alpha value is -3.02. The van der Waals surface area contributed by atoms with Gasteiger partial charge in [-0.25, -0.2) is 4.98 Å². The van der Waals surface area contributed by atoms with Crippen molar-refractivity contribution in [3.8, 4) is 5.75 Å². The Labute approximate surface area is 152 Å². The van der Waals surface area contributed by atoms with Gasteiger partial charge in [0, 0.05) is 31.7 Å². The molecule has 1 amide bonds. The predicted molar refractivity (Wildman–Crippen MR) is 102 cm³/mol. The Morgan fingerprint density at radius 3 is 2.62 bits per heavy atom. The second kappa shape index (κ2) is 7.07. The number of hydrogen-bond donors (Lipinski definition) is 1. The molecule has 0 radical (unpaired) electrons. The molecule has 0 spiro atoms. The fraction of sp³-hybridized carbons (Fsp3) is 0.300. The summed E-state index contributed by atoms with van der Waals surface area (Å²) in [6.07, 6.45) is 0.916. The van der Waals surface area contributed by atoms with Gasteiger partial charge in [-0.2, -0.15) is 0 Å². The average Bonchev–Trinajstić information content (AvgIpc) is 2.97. The van der Waals surface area contributed by atoms with Crippen LogP contribution >= 0.6 is 0 Å². The number of rotatable bonds is 3. The summed E-state index contributed by atoms with van der Waals surface area (Å²) in [5.74, 6) is 1.71. The third kappa shape index (κ3) is 3.22. The maximum absolute atomic E-state index is 12.8. The predicted octanol–water partition coefficient (Wildman–Crippen LogP) is 2.92. The number of benzene rings is 2. The number of anilines is 1. The van der Waals surface area contributed by atoms with Crippen LogP contribution in [-0.2, 0) is 0 Å². The summed E-state index contributed by atoms with van der Waals surface area (Å²) in [5.41, 5.74) is 2.71. The summed E-state index contributed by atoms with van der Waals surface area (Å²) < 4.78 is 5.16. The van der Waals surface area contributed by atoms with Gasteiger partial charge in [0.2, 0.25) is 5.95 Å². The van der Waals surface area contributed by atoms with Gasteiger partial charge >= 0.3 is 0 Å². The van der Waals surface area contributed by atoms with E-state index >= 15 is 0 Å². The quantitative estimate of drug-likeness (QED) is 0.789. The molecule has 2 heterocycles. The number of H-pyrrole nitrogens is 1. The van der Waals surface area contributed by atoms with Crippen molar-refractivity contribution in [3.63, 3.8) is 0 Å². The molecule has 4 rings (SSSR count). The van der Waals surface area contributed by atoms with Gasteiger partial charge in [0.05, 0.1) is 18.1 Å². The summed E-state index contributed by atoms with van der Waals surface area (Å²) in [6, 6.07) is 15.3. The SMILES string of the molecule is COc1ccc(C(=O)N2CCCN(c3nc4ccccc4[nH]3)CC2)cc1. The molecule has 0 unspecified atom stereocenters. The van der Waals surface area contributed by atoms with Crippen molar-refractivity contribution >= 4 is 22.9 Å². The number of para-hydroxylation sites is 2. The number of ether oxygens (including phenoxy) is 1. The lowest BCUT2D eigenvalue weighted by molar-refractivity contribution is 0.0767. The first-order valence-corrected chi connectivity index (χ1v) is 8.87. The standard InChI is InChI=1S/C20H22N4O2/c1-26-16-9-7-15(8-10-16)19(25)23-11-4-12-24(14-13-23)20-21-17-5-2-3-6-18(17)22-20/h2-3,5-10H,4,11-14H2,1H3,(H,21,22). The van der Waals surface area contributed by atoms with Gasteiger partial charge in [-0.15, -0.1) is 0 Å². The first-order valence-electron chi connectivity index (χ1n) is 8.87. The van der Waals surface area contributed by atoms with Gasteiger partial charge in [-0.05, 0) is 42.8 Å². The number of methoxy groups -OCH3 is 1. The lowest BCUT2D eigenvalue weighted by atomic mass is 10.2. The van der Waals surface area contributed by atoms with Crippen LogP contribution in [0.2, 0.25) is 0 Å². The molecular weight excluding hydrogens is 328 g/mol. The van der Waals surface area contributed by atoms with E-state index in [1.54, 1.807) is 7.11 Å². The zero-order chi connectivity index (χ0) is 17.9. The normalized spacial score (nSPS) is 15.1. The number of aromatic nitrogens is 2. The number of carbonyl (C=O) groups is 1. The van der Waals surface area contributed by atoms with Crippen LogP contribution in [0.15, 0.2) is 48.5 Å². The molecule has 1 N–H and O–H groups in total. The fourth-order valence-corrected chi connectivity index (χ4v) is 3.34. The number of nitrogens with zero attached hydrogens (tertiary/aromatic N) is 3. The van der Waals surface area contributed by atoms with Crippen molar-refractivity contribution in [3.05, 3.63) is 54.1 Å². The van der Waals surface area contributed by atoms with Crippen molar-refractivity contribution < 1.29 is 9.53 Å². The van der Waals surface area contributed by atoms with Crippen molar-refractivity contribution in [2.24, 2.45) is 0 Å². The van der Waals surface area contributed by atoms with E-state index < -0.39 is 0 Å². The van der Waals surface area contributed by atoms with E-state index in [9.17, 15) is 4.79 Å². The maximum Gasteiger partial charge on any atom is 0.253 e. The molecule has 1 aliphatic rings. The lowest BCUT2D eigenvalue weighted by Crippen LogP contribution is -2.35. The first kappa shape index (κ1) is 16.4. The molecule has 6 heteroatoms. The van der Waals surface area contributed by atoms with E-state index in [4.69, 9.17) is 4.74 Å². The smallest absolute Gasteiger partial charge is 0.253 e. The zero-order valence-corrected chi connectivity index (χ0v) is 14.8. The second-order valence-electron chi connectivity index (χ2n) is 6.44. The fourth-order valence-electron chi connectivity index (χ4n) is 3.34. The van der Waals surface area contributed by atoms with Crippen molar-refractivity contribution in [1.29, 1.82) is 0 Å². The van der Waals surface area contributed by atoms with Crippen LogP contribution < -0.4 is 9.64 Å². The van der Waals surface area contributed by atoms with E-state index in [0.29, 0.717) is 12.1 Å². The van der Waals surface area contributed by atoms with Gasteiger partial charge in [0.15, 0.2) is 0 Å². The van der Waals surface area contributed by atoms with Crippen LogP contribution in [0.1, 0.15) is 16.8 Å². The van der Waals surface area contributed by atoms with Crippen molar-refractivity contribution in [1.82, 2.24) is 14.9 Å². The third-order valence-electron chi connectivity index (χ3n) is 4.80. The average molecular weight is 350 g/mol. The molecule has 1 saturated heterocycles. The number of imidazole rings is 1. The van der Waals surface area contributed by atoms with Crippen LogP contribution in [-0.4, -0.2) is 54.1 Å². The van der Waals surface area contributed by atoms with Crippen LogP contribution in [0.5, 0.6) is 5.75 Å². The third-order valence-corrected chi connectivity index (χ3v) is 4.80. The molecule has 0 bridgehead atoms. The maximum atomic E-state index is 12.8. The topological polar surface area (TPSA) is 61.5 Å². The van der Waals surface area contributed by atoms with Crippen LogP contribution in [0.4, 0.5) is 5.95 Å². The molecule has 1 aliphatic heterocycles. The molecule has 3 aromatic rings. The Morgan fingerprint density at radius 1 is 1.04 bits per heavy atom. The summed E-state index contributed by atoms with van der Waals surface area (Å²) >= 11 is 0. The van der Waals surface area contributed by atoms with Crippen LogP contribution in [0, 0.1) is 0 Å². The zero-order valence-electron chi connectivity index (χ0n) is 14.8. The molecule has 6 nitrogen and oxygen atoms in total. The highest BCUT2D eigenvalue weighted by Gasteiger charge is 2.21. The number of nitrogens with one attached hydrogen (secondary N) is 1. The minimum Gasteiger partial charge on any atom is -0.497 e. The highest BCUT2D eigenvalue weighted by atomic mass is 16.5. The summed E-state index contributed by atoms with van der Waals surface area (Å²) in [5, 5.41) is 0. The van der Waals surface area contributed by atoms with Gasteiger partial charge in [-0.3, -0.25) is 4.79 Å². The second-order valence-corrected chi connectivity index (χ2v) is 6.44. The first-order chi connectivity index (χ1) is 12.7. The minimum atomic E-state index is 0.0686. The minimum absolute atomic E-state index is 0.0686. The Balaban J connectivity index is 1.46. The van der Waals surface area contributed by atoms with Gasteiger partial charge in [-0.1, -0.05) is 12.1 Å². The van der Waals surface area contributed by atoms with Gasteiger partial charge in [0.1, 0.15) is 5.75 Å². The van der Waals surface area contributed by atoms with E-state index in [1.165, 1.54) is 0 Å². The Morgan fingerprint density at radius 2 is 1.85 bits per heavy atom. The largest absolute Gasteiger partial charge is 0.497 e. The number of carbonyl (C=O) groups excluding carboxylic acids is 1.